The molecule has 1 aliphatic heterocycles. The molecule has 0 spiro atoms. The second-order valence-corrected chi connectivity index (χ2v) is 3.87. The highest BCUT2D eigenvalue weighted by atomic mass is 16.5. The van der Waals surface area contributed by atoms with Crippen molar-refractivity contribution in [1.82, 2.24) is 9.80 Å². The third-order valence-corrected chi connectivity index (χ3v) is 2.72. The summed E-state index contributed by atoms with van der Waals surface area (Å²) in [5.41, 5.74) is 0. The zero-order valence-electron chi connectivity index (χ0n) is 9.88. The Bertz CT molecular complexity index is 331. The number of hydrogen-bond acceptors (Lipinski definition) is 5. The molecular weight excluding hydrogens is 228 g/mol. The number of carbonyl (C=O) groups is 3. The summed E-state index contributed by atoms with van der Waals surface area (Å²) in [5.74, 6) is -1.67. The van der Waals surface area contributed by atoms with Gasteiger partial charge >= 0.3 is 5.97 Å². The molecule has 1 atom stereocenters. The Morgan fingerprint density at radius 3 is 2.65 bits per heavy atom. The van der Waals surface area contributed by atoms with Crippen LogP contribution in [0, 0.1) is 0 Å². The zero-order chi connectivity index (χ0) is 13.0. The van der Waals surface area contributed by atoms with E-state index in [-0.39, 0.29) is 24.8 Å². The fourth-order valence-corrected chi connectivity index (χ4v) is 1.75. The molecule has 2 amide bonds. The molecule has 1 saturated heterocycles. The number of nitrogens with zero attached hydrogens (tertiary/aromatic N) is 2. The van der Waals surface area contributed by atoms with E-state index >= 15 is 0 Å². The van der Waals surface area contributed by atoms with Crippen LogP contribution in [0.1, 0.15) is 6.42 Å². The second kappa shape index (κ2) is 5.74. The molecule has 17 heavy (non-hydrogen) atoms. The first-order valence-corrected chi connectivity index (χ1v) is 5.22. The molecular formula is C10H16N2O5. The Morgan fingerprint density at radius 2 is 2.24 bits per heavy atom. The fourth-order valence-electron chi connectivity index (χ4n) is 1.75. The number of rotatable bonds is 6. The van der Waals surface area contributed by atoms with Gasteiger partial charge in [-0.05, 0) is 0 Å². The van der Waals surface area contributed by atoms with Crippen LogP contribution in [0.5, 0.6) is 0 Å². The summed E-state index contributed by atoms with van der Waals surface area (Å²) in [4.78, 5) is 36.3. The lowest BCUT2D eigenvalue weighted by Crippen LogP contribution is -2.45. The number of methoxy groups -OCH3 is 1. The predicted octanol–water partition coefficient (Wildman–Crippen LogP) is -1.22. The number of likely N-dealkylation sites (tertiary alicyclic amines) is 1. The molecule has 1 N–H and O–H groups in total. The van der Waals surface area contributed by atoms with Gasteiger partial charge in [-0.2, -0.15) is 0 Å². The van der Waals surface area contributed by atoms with E-state index in [4.69, 9.17) is 9.84 Å². The molecule has 0 aromatic carbocycles. The van der Waals surface area contributed by atoms with Crippen molar-refractivity contribution in [1.29, 1.82) is 0 Å². The topological polar surface area (TPSA) is 87.2 Å². The zero-order valence-corrected chi connectivity index (χ0v) is 9.88. The molecule has 1 fully saturated rings. The van der Waals surface area contributed by atoms with Crippen molar-refractivity contribution in [2.45, 2.75) is 12.5 Å². The lowest BCUT2D eigenvalue weighted by molar-refractivity contribution is -0.140. The number of likely N-dealkylation sites (N-methyl/N-ethyl adjacent to an activating group) is 1. The first kappa shape index (κ1) is 13.6. The van der Waals surface area contributed by atoms with Gasteiger partial charge in [-0.25, -0.2) is 0 Å². The highest BCUT2D eigenvalue weighted by Gasteiger charge is 2.40. The molecule has 1 rings (SSSR count). The van der Waals surface area contributed by atoms with Crippen molar-refractivity contribution in [3.05, 3.63) is 0 Å². The van der Waals surface area contributed by atoms with Crippen LogP contribution in [0.15, 0.2) is 0 Å². The number of amides is 2. The normalized spacial score (nSPS) is 20.4. The van der Waals surface area contributed by atoms with Crippen LogP contribution in [0.2, 0.25) is 0 Å². The van der Waals surface area contributed by atoms with Crippen LogP contribution in [0.3, 0.4) is 0 Å². The molecule has 7 heteroatoms. The van der Waals surface area contributed by atoms with Crippen molar-refractivity contribution < 1.29 is 24.2 Å². The summed E-state index contributed by atoms with van der Waals surface area (Å²) >= 11 is 0. The first-order valence-electron chi connectivity index (χ1n) is 5.22. The Labute approximate surface area is 98.9 Å². The van der Waals surface area contributed by atoms with Gasteiger partial charge in [0.15, 0.2) is 0 Å². The van der Waals surface area contributed by atoms with E-state index in [0.717, 1.165) is 4.90 Å². The molecule has 7 nitrogen and oxygen atoms in total. The molecule has 1 unspecified atom stereocenters. The van der Waals surface area contributed by atoms with E-state index < -0.39 is 12.0 Å². The van der Waals surface area contributed by atoms with Gasteiger partial charge in [0, 0.05) is 20.7 Å². The fraction of sp³-hybridized carbons (Fsp3) is 0.700. The maximum atomic E-state index is 11.7. The Hall–Kier alpha value is -1.47. The Morgan fingerprint density at radius 1 is 1.59 bits per heavy atom. The maximum absolute atomic E-state index is 11.7. The van der Waals surface area contributed by atoms with Crippen molar-refractivity contribution >= 4 is 17.8 Å². The predicted molar refractivity (Wildman–Crippen MR) is 57.3 cm³/mol. The molecule has 0 bridgehead atoms. The van der Waals surface area contributed by atoms with Gasteiger partial charge in [0.05, 0.1) is 25.6 Å². The van der Waals surface area contributed by atoms with Crippen LogP contribution in [0.25, 0.3) is 0 Å². The highest BCUT2D eigenvalue weighted by molar-refractivity contribution is 6.05. The van der Waals surface area contributed by atoms with Gasteiger partial charge in [0.1, 0.15) is 0 Å². The van der Waals surface area contributed by atoms with Gasteiger partial charge in [0.2, 0.25) is 11.8 Å². The number of aliphatic carboxylic acids is 1. The number of carbonyl (C=O) groups excluding carboxylic acids is 2. The third kappa shape index (κ3) is 3.24. The van der Waals surface area contributed by atoms with Gasteiger partial charge in [-0.1, -0.05) is 0 Å². The second-order valence-electron chi connectivity index (χ2n) is 3.87. The van der Waals surface area contributed by atoms with Crippen LogP contribution in [-0.2, 0) is 19.1 Å². The highest BCUT2D eigenvalue weighted by Crippen LogP contribution is 2.16. The van der Waals surface area contributed by atoms with Crippen molar-refractivity contribution in [2.75, 3.05) is 33.9 Å². The van der Waals surface area contributed by atoms with Crippen molar-refractivity contribution in [3.63, 3.8) is 0 Å². The van der Waals surface area contributed by atoms with Crippen LogP contribution >= 0.6 is 0 Å². The average molecular weight is 244 g/mol. The standard InChI is InChI=1S/C10H16N2O5/c1-11-8(13)5-7(10(11)16)12(3-4-17-2)6-9(14)15/h7H,3-6H2,1-2H3,(H,14,15). The van der Waals surface area contributed by atoms with Crippen molar-refractivity contribution in [3.8, 4) is 0 Å². The third-order valence-electron chi connectivity index (χ3n) is 2.72. The Balaban J connectivity index is 2.72. The lowest BCUT2D eigenvalue weighted by atomic mass is 10.2. The van der Waals surface area contributed by atoms with Gasteiger partial charge < -0.3 is 9.84 Å². The van der Waals surface area contributed by atoms with E-state index in [0.29, 0.717) is 13.2 Å². The van der Waals surface area contributed by atoms with Gasteiger partial charge in [0.25, 0.3) is 0 Å². The van der Waals surface area contributed by atoms with E-state index in [2.05, 4.69) is 0 Å². The maximum Gasteiger partial charge on any atom is 0.317 e. The van der Waals surface area contributed by atoms with Crippen LogP contribution in [0.4, 0.5) is 0 Å². The molecule has 0 radical (unpaired) electrons. The quantitative estimate of drug-likeness (QED) is 0.589. The number of carboxylic acids is 1. The minimum Gasteiger partial charge on any atom is -0.480 e. The molecule has 0 aliphatic carbocycles. The number of hydrogen-bond donors (Lipinski definition) is 1. The van der Waals surface area contributed by atoms with E-state index in [1.807, 2.05) is 0 Å². The summed E-state index contributed by atoms with van der Waals surface area (Å²) in [6.07, 6.45) is 0.0341. The number of ether oxygens (including phenoxy) is 1. The molecule has 0 aromatic rings. The molecule has 0 aromatic heterocycles. The van der Waals surface area contributed by atoms with Crippen molar-refractivity contribution in [2.24, 2.45) is 0 Å². The summed E-state index contributed by atoms with van der Waals surface area (Å²) in [5, 5.41) is 8.77. The average Bonchev–Trinajstić information content (AvgIpc) is 2.52. The van der Waals surface area contributed by atoms with Crippen LogP contribution < -0.4 is 0 Å². The molecule has 0 saturated carbocycles. The number of imide groups is 1. The monoisotopic (exact) mass is 244 g/mol. The summed E-state index contributed by atoms with van der Waals surface area (Å²) in [6, 6.07) is -0.682. The molecule has 96 valence electrons. The molecule has 1 aliphatic rings. The minimum absolute atomic E-state index is 0.0341. The summed E-state index contributed by atoms with van der Waals surface area (Å²) in [6.45, 7) is 0.343. The van der Waals surface area contributed by atoms with Crippen LogP contribution in [-0.4, -0.2) is 72.6 Å². The summed E-state index contributed by atoms with van der Waals surface area (Å²) < 4.78 is 4.86. The largest absolute Gasteiger partial charge is 0.480 e. The summed E-state index contributed by atoms with van der Waals surface area (Å²) in [7, 11) is 2.90. The smallest absolute Gasteiger partial charge is 0.317 e. The number of carboxylic acid groups (broad SMARTS) is 1. The minimum atomic E-state index is -1.03. The van der Waals surface area contributed by atoms with Gasteiger partial charge in [-0.3, -0.25) is 24.2 Å². The first-order chi connectivity index (χ1) is 7.97. The van der Waals surface area contributed by atoms with Gasteiger partial charge in [-0.15, -0.1) is 0 Å². The van der Waals surface area contributed by atoms with E-state index in [1.165, 1.54) is 19.1 Å². The lowest BCUT2D eigenvalue weighted by Gasteiger charge is -2.24. The van der Waals surface area contributed by atoms with E-state index in [1.54, 1.807) is 0 Å². The Kier molecular flexibility index (Phi) is 4.59. The SMILES string of the molecule is COCCN(CC(=O)O)C1CC(=O)N(C)C1=O. The van der Waals surface area contributed by atoms with E-state index in [9.17, 15) is 14.4 Å². The molecule has 1 heterocycles.